The van der Waals surface area contributed by atoms with E-state index in [9.17, 15) is 14.4 Å². The lowest BCUT2D eigenvalue weighted by molar-refractivity contribution is -0.144. The molecule has 0 radical (unpaired) electrons. The summed E-state index contributed by atoms with van der Waals surface area (Å²) < 4.78 is 0. The summed E-state index contributed by atoms with van der Waals surface area (Å²) in [5.41, 5.74) is 10.6. The van der Waals surface area contributed by atoms with E-state index in [1.54, 1.807) is 0 Å². The molecule has 0 saturated carbocycles. The zero-order valence-corrected chi connectivity index (χ0v) is 9.59. The Hall–Kier alpha value is -1.69. The van der Waals surface area contributed by atoms with Crippen LogP contribution in [0.25, 0.3) is 0 Å². The maximum Gasteiger partial charge on any atom is 0.254 e. The van der Waals surface area contributed by atoms with Gasteiger partial charge in [-0.2, -0.15) is 0 Å². The zero-order valence-electron chi connectivity index (χ0n) is 9.59. The van der Waals surface area contributed by atoms with Gasteiger partial charge in [0.25, 0.3) is 11.8 Å². The highest BCUT2D eigenvalue weighted by Gasteiger charge is 2.33. The Morgan fingerprint density at radius 2 is 1.76 bits per heavy atom. The summed E-state index contributed by atoms with van der Waals surface area (Å²) in [5, 5.41) is 0. The fourth-order valence-corrected chi connectivity index (χ4v) is 1.78. The second-order valence-electron chi connectivity index (χ2n) is 3.94. The van der Waals surface area contributed by atoms with Crippen LogP contribution in [-0.2, 0) is 14.4 Å². The number of nitrogens with zero attached hydrogens (tertiary/aromatic N) is 1. The molecule has 0 aliphatic carbocycles. The van der Waals surface area contributed by atoms with E-state index >= 15 is 0 Å². The minimum Gasteiger partial charge on any atom is -0.368 e. The van der Waals surface area contributed by atoms with E-state index in [2.05, 4.69) is 0 Å². The van der Waals surface area contributed by atoms with Gasteiger partial charge in [-0.25, -0.2) is 0 Å². The highest BCUT2D eigenvalue weighted by atomic mass is 16.2. The van der Waals surface area contributed by atoms with Gasteiger partial charge in [0.2, 0.25) is 5.91 Å². The largest absolute Gasteiger partial charge is 0.368 e. The number of hydrogen-bond donors (Lipinski definition) is 2. The fourth-order valence-electron chi connectivity index (χ4n) is 1.78. The van der Waals surface area contributed by atoms with Crippen LogP contribution in [-0.4, -0.2) is 35.2 Å². The monoisotopic (exact) mass is 239 g/mol. The molecule has 0 aromatic carbocycles. The number of hydrogen-bond acceptors (Lipinski definition) is 4. The van der Waals surface area contributed by atoms with E-state index in [1.807, 2.05) is 0 Å². The molecule has 6 heteroatoms. The molecule has 1 atom stereocenters. The molecule has 1 unspecified atom stereocenters. The van der Waals surface area contributed by atoms with Gasteiger partial charge >= 0.3 is 0 Å². The zero-order chi connectivity index (χ0) is 12.8. The molecule has 0 saturated heterocycles. The fraction of sp³-hybridized carbons (Fsp3) is 0.545. The van der Waals surface area contributed by atoms with Crippen LogP contribution in [0.5, 0.6) is 0 Å². The third-order valence-electron chi connectivity index (χ3n) is 2.67. The van der Waals surface area contributed by atoms with Gasteiger partial charge in [0.15, 0.2) is 0 Å². The Labute approximate surface area is 99.6 Å². The van der Waals surface area contributed by atoms with E-state index < -0.39 is 23.8 Å². The molecule has 17 heavy (non-hydrogen) atoms. The second kappa shape index (κ2) is 6.15. The van der Waals surface area contributed by atoms with Crippen molar-refractivity contribution in [2.75, 3.05) is 6.54 Å². The molecule has 1 aliphatic heterocycles. The van der Waals surface area contributed by atoms with Gasteiger partial charge in [-0.1, -0.05) is 12.8 Å². The van der Waals surface area contributed by atoms with Crippen molar-refractivity contribution in [2.24, 2.45) is 11.5 Å². The van der Waals surface area contributed by atoms with Gasteiger partial charge in [0, 0.05) is 12.2 Å². The van der Waals surface area contributed by atoms with Gasteiger partial charge in [-0.3, -0.25) is 19.3 Å². The van der Waals surface area contributed by atoms with Crippen LogP contribution in [0.3, 0.4) is 0 Å². The van der Waals surface area contributed by atoms with Crippen molar-refractivity contribution in [3.8, 4) is 0 Å². The predicted molar refractivity (Wildman–Crippen MR) is 61.5 cm³/mol. The van der Waals surface area contributed by atoms with Crippen LogP contribution >= 0.6 is 0 Å². The number of primary amides is 1. The quantitative estimate of drug-likeness (QED) is 0.452. The number of nitrogens with two attached hydrogens (primary N) is 2. The molecule has 94 valence electrons. The molecule has 6 nitrogen and oxygen atoms in total. The van der Waals surface area contributed by atoms with Gasteiger partial charge in [-0.15, -0.1) is 0 Å². The van der Waals surface area contributed by atoms with Crippen molar-refractivity contribution in [2.45, 2.75) is 31.7 Å². The summed E-state index contributed by atoms with van der Waals surface area (Å²) in [5.74, 6) is -1.60. The Balaban J connectivity index is 2.57. The topological polar surface area (TPSA) is 106 Å². The van der Waals surface area contributed by atoms with Gasteiger partial charge < -0.3 is 11.5 Å². The van der Waals surface area contributed by atoms with E-state index in [-0.39, 0.29) is 0 Å². The molecule has 1 heterocycles. The Kier molecular flexibility index (Phi) is 4.84. The first-order valence-electron chi connectivity index (χ1n) is 5.62. The lowest BCUT2D eigenvalue weighted by atomic mass is 10.1. The molecule has 0 fully saturated rings. The Bertz CT molecular complexity index is 334. The average molecular weight is 239 g/mol. The normalized spacial score (nSPS) is 16.6. The highest BCUT2D eigenvalue weighted by molar-refractivity contribution is 6.15. The maximum atomic E-state index is 11.4. The molecule has 1 rings (SSSR count). The van der Waals surface area contributed by atoms with Crippen molar-refractivity contribution in [1.29, 1.82) is 0 Å². The summed E-state index contributed by atoms with van der Waals surface area (Å²) >= 11 is 0. The van der Waals surface area contributed by atoms with Crippen molar-refractivity contribution >= 4 is 17.7 Å². The summed E-state index contributed by atoms with van der Waals surface area (Å²) in [4.78, 5) is 35.0. The molecular formula is C11H17N3O3. The number of unbranched alkanes of at least 4 members (excludes halogenated alkanes) is 2. The van der Waals surface area contributed by atoms with Crippen LogP contribution in [0.1, 0.15) is 25.7 Å². The second-order valence-corrected chi connectivity index (χ2v) is 3.94. The summed E-state index contributed by atoms with van der Waals surface area (Å²) in [6.07, 6.45) is 5.11. The van der Waals surface area contributed by atoms with Crippen molar-refractivity contribution in [3.05, 3.63) is 12.2 Å². The molecule has 3 amide bonds. The molecular weight excluding hydrogens is 222 g/mol. The third-order valence-corrected chi connectivity index (χ3v) is 2.67. The Morgan fingerprint density at radius 1 is 1.18 bits per heavy atom. The summed E-state index contributed by atoms with van der Waals surface area (Å²) in [6, 6.07) is -0.845. The van der Waals surface area contributed by atoms with Crippen molar-refractivity contribution in [1.82, 2.24) is 4.90 Å². The van der Waals surface area contributed by atoms with E-state index in [1.165, 1.54) is 0 Å². The predicted octanol–water partition coefficient (Wildman–Crippen LogP) is -0.716. The number of rotatable bonds is 7. The number of carbonyl (C=O) groups excluding carboxylic acids is 3. The molecule has 0 bridgehead atoms. The first-order valence-corrected chi connectivity index (χ1v) is 5.62. The lowest BCUT2D eigenvalue weighted by Crippen LogP contribution is -2.47. The number of imide groups is 1. The van der Waals surface area contributed by atoms with Crippen LogP contribution in [0.2, 0.25) is 0 Å². The molecule has 0 aromatic rings. The van der Waals surface area contributed by atoms with Crippen molar-refractivity contribution in [3.63, 3.8) is 0 Å². The van der Waals surface area contributed by atoms with E-state index in [0.29, 0.717) is 19.4 Å². The van der Waals surface area contributed by atoms with Gasteiger partial charge in [-0.05, 0) is 19.4 Å². The summed E-state index contributed by atoms with van der Waals surface area (Å²) in [7, 11) is 0. The third kappa shape index (κ3) is 3.39. The maximum absolute atomic E-state index is 11.4. The minimum atomic E-state index is -0.845. The summed E-state index contributed by atoms with van der Waals surface area (Å²) in [6.45, 7) is 0.588. The lowest BCUT2D eigenvalue weighted by Gasteiger charge is -2.23. The first-order chi connectivity index (χ1) is 8.07. The highest BCUT2D eigenvalue weighted by Crippen LogP contribution is 2.15. The molecule has 1 aliphatic rings. The number of carbonyl (C=O) groups is 3. The minimum absolute atomic E-state index is 0.397. The standard InChI is InChI=1S/C11H17N3O3/c12-7-3-1-2-4-8(11(13)17)14-9(15)5-6-10(14)16/h5-6,8H,1-4,7,12H2,(H2,13,17). The van der Waals surface area contributed by atoms with Crippen LogP contribution in [0, 0.1) is 0 Å². The first kappa shape index (κ1) is 13.4. The molecule has 4 N–H and O–H groups in total. The van der Waals surface area contributed by atoms with Crippen LogP contribution in [0.15, 0.2) is 12.2 Å². The number of amides is 3. The average Bonchev–Trinajstić information content (AvgIpc) is 2.59. The molecule has 0 spiro atoms. The van der Waals surface area contributed by atoms with Gasteiger partial charge in [0.05, 0.1) is 0 Å². The SMILES string of the molecule is NCCCCCC(C(N)=O)N1C(=O)C=CC1=O. The van der Waals surface area contributed by atoms with Gasteiger partial charge in [0.1, 0.15) is 6.04 Å². The Morgan fingerprint density at radius 3 is 2.24 bits per heavy atom. The smallest absolute Gasteiger partial charge is 0.254 e. The van der Waals surface area contributed by atoms with Crippen LogP contribution < -0.4 is 11.5 Å². The molecule has 0 aromatic heterocycles. The van der Waals surface area contributed by atoms with Crippen LogP contribution in [0.4, 0.5) is 0 Å². The van der Waals surface area contributed by atoms with E-state index in [0.717, 1.165) is 29.9 Å². The van der Waals surface area contributed by atoms with E-state index in [4.69, 9.17) is 11.5 Å². The van der Waals surface area contributed by atoms with Crippen molar-refractivity contribution < 1.29 is 14.4 Å².